The molecular weight excluding hydrogens is 420 g/mol. The maximum absolute atomic E-state index is 12.6. The van der Waals surface area contributed by atoms with Crippen LogP contribution in [0.5, 0.6) is 11.5 Å². The third-order valence-electron chi connectivity index (χ3n) is 4.49. The van der Waals surface area contributed by atoms with Crippen LogP contribution < -0.4 is 9.54 Å². The van der Waals surface area contributed by atoms with Crippen molar-refractivity contribution < 1.29 is 17.9 Å². The number of aryl methyl sites for hydroxylation is 1. The first kappa shape index (κ1) is 20.1. The number of ether oxygens (including phenoxy) is 1. The molecule has 0 saturated heterocycles. The number of carbonyl (C=O) groups excluding carboxylic acids is 1. The lowest BCUT2D eigenvalue weighted by Gasteiger charge is -2.05. The average Bonchev–Trinajstić information content (AvgIpc) is 3.03. The van der Waals surface area contributed by atoms with E-state index in [9.17, 15) is 13.2 Å². The first-order valence-corrected chi connectivity index (χ1v) is 11.7. The van der Waals surface area contributed by atoms with Gasteiger partial charge in [0.15, 0.2) is 14.6 Å². The van der Waals surface area contributed by atoms with E-state index in [-0.39, 0.29) is 10.8 Å². The van der Waals surface area contributed by atoms with Gasteiger partial charge in [-0.2, -0.15) is 4.99 Å². The largest absolute Gasteiger partial charge is 0.457 e. The summed E-state index contributed by atoms with van der Waals surface area (Å²) in [5.41, 5.74) is 1.25. The maximum atomic E-state index is 12.6. The van der Waals surface area contributed by atoms with Crippen molar-refractivity contribution in [3.63, 3.8) is 0 Å². The van der Waals surface area contributed by atoms with Crippen LogP contribution in [-0.4, -0.2) is 25.1 Å². The second-order valence-electron chi connectivity index (χ2n) is 6.70. The van der Waals surface area contributed by atoms with Crippen LogP contribution >= 0.6 is 11.3 Å². The Morgan fingerprint density at radius 3 is 2.30 bits per heavy atom. The highest BCUT2D eigenvalue weighted by atomic mass is 32.2. The van der Waals surface area contributed by atoms with Crippen molar-refractivity contribution in [3.05, 3.63) is 83.2 Å². The van der Waals surface area contributed by atoms with E-state index < -0.39 is 9.84 Å². The number of nitrogens with zero attached hydrogens (tertiary/aromatic N) is 2. The lowest BCUT2D eigenvalue weighted by Crippen LogP contribution is -2.13. The van der Waals surface area contributed by atoms with E-state index in [4.69, 9.17) is 4.74 Å². The fraction of sp³-hybridized carbons (Fsp3) is 0.0909. The molecule has 0 unspecified atom stereocenters. The standard InChI is InChI=1S/C22H18N2O4S2/c1-24-19-13-12-18(30(2,26)27)14-20(19)29-22(24)23-21(25)15-8-10-17(11-9-15)28-16-6-4-3-5-7-16/h3-14H,1-2H3. The second-order valence-corrected chi connectivity index (χ2v) is 9.73. The van der Waals surface area contributed by atoms with E-state index >= 15 is 0 Å². The topological polar surface area (TPSA) is 77.7 Å². The first-order chi connectivity index (χ1) is 14.3. The van der Waals surface area contributed by atoms with E-state index in [1.807, 2.05) is 30.3 Å². The van der Waals surface area contributed by atoms with Gasteiger partial charge in [-0.05, 0) is 54.6 Å². The summed E-state index contributed by atoms with van der Waals surface area (Å²) in [6.07, 6.45) is 1.17. The number of rotatable bonds is 4. The number of fused-ring (bicyclic) bond motifs is 1. The molecule has 0 atom stereocenters. The minimum Gasteiger partial charge on any atom is -0.457 e. The number of amides is 1. The molecule has 3 aromatic carbocycles. The van der Waals surface area contributed by atoms with Gasteiger partial charge in [-0.15, -0.1) is 0 Å². The van der Waals surface area contributed by atoms with Gasteiger partial charge in [0, 0.05) is 18.9 Å². The average molecular weight is 439 g/mol. The zero-order valence-corrected chi connectivity index (χ0v) is 17.9. The molecule has 0 aliphatic heterocycles. The highest BCUT2D eigenvalue weighted by molar-refractivity contribution is 7.90. The number of hydrogen-bond donors (Lipinski definition) is 0. The van der Waals surface area contributed by atoms with E-state index in [1.54, 1.807) is 54.1 Å². The molecule has 8 heteroatoms. The van der Waals surface area contributed by atoms with Crippen molar-refractivity contribution in [1.29, 1.82) is 0 Å². The van der Waals surface area contributed by atoms with Crippen LogP contribution in [0.25, 0.3) is 10.2 Å². The van der Waals surface area contributed by atoms with Crippen molar-refractivity contribution in [3.8, 4) is 11.5 Å². The number of carbonyl (C=O) groups is 1. The van der Waals surface area contributed by atoms with E-state index in [2.05, 4.69) is 4.99 Å². The zero-order valence-electron chi connectivity index (χ0n) is 16.3. The van der Waals surface area contributed by atoms with Crippen molar-refractivity contribution in [2.24, 2.45) is 12.0 Å². The van der Waals surface area contributed by atoms with Gasteiger partial charge in [-0.25, -0.2) is 8.42 Å². The number of sulfone groups is 1. The number of benzene rings is 3. The summed E-state index contributed by atoms with van der Waals surface area (Å²) >= 11 is 1.27. The van der Waals surface area contributed by atoms with Gasteiger partial charge in [0.25, 0.3) is 5.91 Å². The summed E-state index contributed by atoms with van der Waals surface area (Å²) in [5, 5.41) is 0. The van der Waals surface area contributed by atoms with Gasteiger partial charge in [0.05, 0.1) is 15.1 Å². The molecule has 0 fully saturated rings. The third-order valence-corrected chi connectivity index (χ3v) is 6.69. The fourth-order valence-electron chi connectivity index (χ4n) is 2.89. The molecule has 1 amide bonds. The molecule has 1 aromatic heterocycles. The molecule has 0 bridgehead atoms. The Kier molecular flexibility index (Phi) is 5.27. The van der Waals surface area contributed by atoms with Crippen LogP contribution in [0.15, 0.2) is 82.7 Å². The Morgan fingerprint density at radius 2 is 1.63 bits per heavy atom. The van der Waals surface area contributed by atoms with Crippen LogP contribution in [0.4, 0.5) is 0 Å². The minimum absolute atomic E-state index is 0.240. The summed E-state index contributed by atoms with van der Waals surface area (Å²) in [6, 6.07) is 21.0. The van der Waals surface area contributed by atoms with Gasteiger partial charge in [0.2, 0.25) is 0 Å². The van der Waals surface area contributed by atoms with Gasteiger partial charge >= 0.3 is 0 Å². The lowest BCUT2D eigenvalue weighted by molar-refractivity contribution is 0.0998. The second kappa shape index (κ2) is 7.89. The zero-order chi connectivity index (χ0) is 21.3. The summed E-state index contributed by atoms with van der Waals surface area (Å²) in [5.74, 6) is 0.956. The Hall–Kier alpha value is -3.23. The van der Waals surface area contributed by atoms with Crippen LogP contribution in [0, 0.1) is 0 Å². The molecule has 4 aromatic rings. The molecule has 152 valence electrons. The summed E-state index contributed by atoms with van der Waals surface area (Å²) in [4.78, 5) is 17.6. The van der Waals surface area contributed by atoms with Crippen LogP contribution in [0.2, 0.25) is 0 Å². The van der Waals surface area contributed by atoms with E-state index in [0.717, 1.165) is 10.2 Å². The van der Waals surface area contributed by atoms with Gasteiger partial charge in [0.1, 0.15) is 11.5 Å². The minimum atomic E-state index is -3.30. The van der Waals surface area contributed by atoms with Crippen LogP contribution in [-0.2, 0) is 16.9 Å². The van der Waals surface area contributed by atoms with Crippen molar-refractivity contribution >= 4 is 37.3 Å². The van der Waals surface area contributed by atoms with Crippen molar-refractivity contribution in [2.45, 2.75) is 4.90 Å². The molecule has 0 radical (unpaired) electrons. The molecule has 6 nitrogen and oxygen atoms in total. The third kappa shape index (κ3) is 4.19. The molecule has 30 heavy (non-hydrogen) atoms. The Bertz CT molecular complexity index is 1400. The Balaban J connectivity index is 1.62. The van der Waals surface area contributed by atoms with Crippen LogP contribution in [0.3, 0.4) is 0 Å². The number of hydrogen-bond acceptors (Lipinski definition) is 5. The molecule has 0 saturated carbocycles. The van der Waals surface area contributed by atoms with Crippen molar-refractivity contribution in [2.75, 3.05) is 6.26 Å². The molecular formula is C22H18N2O4S2. The monoisotopic (exact) mass is 438 g/mol. The summed E-state index contributed by atoms with van der Waals surface area (Å²) in [7, 11) is -1.51. The number of thiazole rings is 1. The predicted molar refractivity (Wildman–Crippen MR) is 117 cm³/mol. The van der Waals surface area contributed by atoms with Gasteiger partial charge in [-0.1, -0.05) is 29.5 Å². The predicted octanol–water partition coefficient (Wildman–Crippen LogP) is 4.18. The number of aromatic nitrogens is 1. The Labute approximate surface area is 177 Å². The first-order valence-electron chi connectivity index (χ1n) is 9.03. The SMILES string of the molecule is Cn1c(=NC(=O)c2ccc(Oc3ccccc3)cc2)sc2cc(S(C)(=O)=O)ccc21. The quantitative estimate of drug-likeness (QED) is 0.479. The molecule has 0 N–H and O–H groups in total. The normalized spacial score (nSPS) is 12.3. The fourth-order valence-corrected chi connectivity index (χ4v) is 4.67. The summed E-state index contributed by atoms with van der Waals surface area (Å²) in [6.45, 7) is 0. The van der Waals surface area contributed by atoms with Gasteiger partial charge < -0.3 is 9.30 Å². The molecule has 0 aliphatic carbocycles. The number of para-hydroxylation sites is 1. The maximum Gasteiger partial charge on any atom is 0.279 e. The highest BCUT2D eigenvalue weighted by Crippen LogP contribution is 2.23. The highest BCUT2D eigenvalue weighted by Gasteiger charge is 2.12. The van der Waals surface area contributed by atoms with E-state index in [1.165, 1.54) is 17.6 Å². The van der Waals surface area contributed by atoms with Crippen molar-refractivity contribution in [1.82, 2.24) is 4.57 Å². The molecule has 0 spiro atoms. The van der Waals surface area contributed by atoms with Crippen LogP contribution in [0.1, 0.15) is 10.4 Å². The van der Waals surface area contributed by atoms with Gasteiger partial charge in [-0.3, -0.25) is 4.79 Å². The lowest BCUT2D eigenvalue weighted by atomic mass is 10.2. The smallest absolute Gasteiger partial charge is 0.279 e. The Morgan fingerprint density at radius 1 is 0.967 bits per heavy atom. The summed E-state index contributed by atoms with van der Waals surface area (Å²) < 4.78 is 31.8. The molecule has 4 rings (SSSR count). The molecule has 1 heterocycles. The van der Waals surface area contributed by atoms with E-state index in [0.29, 0.717) is 21.9 Å². The molecule has 0 aliphatic rings.